The molecule has 1 fully saturated rings. The van der Waals surface area contributed by atoms with Crippen molar-refractivity contribution in [1.82, 2.24) is 4.98 Å². The van der Waals surface area contributed by atoms with E-state index in [1.807, 2.05) is 0 Å². The van der Waals surface area contributed by atoms with Crippen molar-refractivity contribution in [3.63, 3.8) is 0 Å². The molecule has 3 N–H and O–H groups in total. The van der Waals surface area contributed by atoms with E-state index in [4.69, 9.17) is 10.6 Å². The largest absolute Gasteiger partial charge is 0.416 e. The van der Waals surface area contributed by atoms with Crippen LogP contribution in [-0.2, 0) is 10.9 Å². The molecule has 112 valence electrons. The van der Waals surface area contributed by atoms with Crippen LogP contribution in [0.4, 0.5) is 24.8 Å². The van der Waals surface area contributed by atoms with Crippen LogP contribution in [0.3, 0.4) is 0 Å². The summed E-state index contributed by atoms with van der Waals surface area (Å²) < 4.78 is 43.8. The molecule has 0 unspecified atom stereocenters. The average Bonchev–Trinajstić information content (AvgIpc) is 2.46. The summed E-state index contributed by atoms with van der Waals surface area (Å²) in [5, 5.41) is 0. The number of nitrogens with two attached hydrogens (primary N) is 1. The number of nitrogen functional groups attached to an aromatic ring is 1. The molecule has 0 amide bonds. The smallest absolute Gasteiger partial charge is 0.381 e. The molecule has 0 saturated carbocycles. The molecule has 0 bridgehead atoms. The number of nitrogens with one attached hydrogen (secondary N) is 1. The van der Waals surface area contributed by atoms with Gasteiger partial charge in [0.15, 0.2) is 0 Å². The van der Waals surface area contributed by atoms with Gasteiger partial charge in [0.05, 0.1) is 5.56 Å². The van der Waals surface area contributed by atoms with Crippen LogP contribution < -0.4 is 16.2 Å². The standard InChI is InChI=1S/C12H17F3N4O/c1-19(9-2-4-20-5-3-9)11-7-8(12(13,14)15)6-10(17-11)18-16/h6-7,9H,2-5,16H2,1H3,(H,17,18). The van der Waals surface area contributed by atoms with Crippen LogP contribution in [0.2, 0.25) is 0 Å². The maximum atomic E-state index is 12.9. The first kappa shape index (κ1) is 14.9. The third-order valence-electron chi connectivity index (χ3n) is 3.39. The summed E-state index contributed by atoms with van der Waals surface area (Å²) in [6.45, 7) is 1.21. The van der Waals surface area contributed by atoms with E-state index in [-0.39, 0.29) is 17.7 Å². The van der Waals surface area contributed by atoms with Gasteiger partial charge >= 0.3 is 6.18 Å². The Morgan fingerprint density at radius 1 is 1.35 bits per heavy atom. The zero-order chi connectivity index (χ0) is 14.8. The number of pyridine rings is 1. The molecule has 1 aromatic heterocycles. The molecule has 1 saturated heterocycles. The van der Waals surface area contributed by atoms with Crippen molar-refractivity contribution >= 4 is 11.6 Å². The number of halogens is 3. The highest BCUT2D eigenvalue weighted by molar-refractivity contribution is 5.51. The number of nitrogens with zero attached hydrogens (tertiary/aromatic N) is 2. The number of hydrogen-bond acceptors (Lipinski definition) is 5. The van der Waals surface area contributed by atoms with Gasteiger partial charge in [-0.2, -0.15) is 13.2 Å². The van der Waals surface area contributed by atoms with Crippen LogP contribution in [0.15, 0.2) is 12.1 Å². The molecule has 0 atom stereocenters. The van der Waals surface area contributed by atoms with Crippen molar-refractivity contribution in [2.45, 2.75) is 25.1 Å². The number of anilines is 2. The molecule has 0 radical (unpaired) electrons. The molecule has 5 nitrogen and oxygen atoms in total. The normalized spacial score (nSPS) is 17.1. The van der Waals surface area contributed by atoms with Gasteiger partial charge in [0.2, 0.25) is 0 Å². The Balaban J connectivity index is 2.29. The van der Waals surface area contributed by atoms with Crippen molar-refractivity contribution in [2.24, 2.45) is 5.84 Å². The monoisotopic (exact) mass is 290 g/mol. The number of ether oxygens (including phenoxy) is 1. The lowest BCUT2D eigenvalue weighted by atomic mass is 10.1. The summed E-state index contributed by atoms with van der Waals surface area (Å²) >= 11 is 0. The van der Waals surface area contributed by atoms with E-state index in [1.165, 1.54) is 0 Å². The second-order valence-corrected chi connectivity index (χ2v) is 4.70. The zero-order valence-electron chi connectivity index (χ0n) is 11.1. The lowest BCUT2D eigenvalue weighted by Crippen LogP contribution is -2.37. The fourth-order valence-corrected chi connectivity index (χ4v) is 2.19. The first-order valence-corrected chi connectivity index (χ1v) is 6.28. The molecule has 0 aliphatic carbocycles. The topological polar surface area (TPSA) is 63.4 Å². The van der Waals surface area contributed by atoms with E-state index in [0.717, 1.165) is 25.0 Å². The lowest BCUT2D eigenvalue weighted by Gasteiger charge is -2.32. The first-order chi connectivity index (χ1) is 9.41. The first-order valence-electron chi connectivity index (χ1n) is 6.28. The van der Waals surface area contributed by atoms with Crippen LogP contribution in [0.5, 0.6) is 0 Å². The number of hydrogen-bond donors (Lipinski definition) is 2. The predicted molar refractivity (Wildman–Crippen MR) is 69.3 cm³/mol. The summed E-state index contributed by atoms with van der Waals surface area (Å²) in [7, 11) is 1.73. The van der Waals surface area contributed by atoms with Gasteiger partial charge in [0, 0.05) is 26.3 Å². The van der Waals surface area contributed by atoms with Gasteiger partial charge < -0.3 is 15.1 Å². The Kier molecular flexibility index (Phi) is 4.34. The summed E-state index contributed by atoms with van der Waals surface area (Å²) in [6, 6.07) is 2.04. The van der Waals surface area contributed by atoms with Gasteiger partial charge in [-0.05, 0) is 25.0 Å². The molecule has 0 aromatic carbocycles. The predicted octanol–water partition coefficient (Wildman–Crippen LogP) is 2.00. The van der Waals surface area contributed by atoms with E-state index in [0.29, 0.717) is 13.2 Å². The summed E-state index contributed by atoms with van der Waals surface area (Å²) in [5.41, 5.74) is 1.41. The maximum Gasteiger partial charge on any atom is 0.416 e. The molecule has 8 heteroatoms. The zero-order valence-corrected chi connectivity index (χ0v) is 11.1. The van der Waals surface area contributed by atoms with Crippen molar-refractivity contribution < 1.29 is 17.9 Å². The minimum Gasteiger partial charge on any atom is -0.381 e. The number of hydrazine groups is 1. The third kappa shape index (κ3) is 3.31. The minimum atomic E-state index is -4.43. The molecule has 1 aromatic rings. The summed E-state index contributed by atoms with van der Waals surface area (Å²) in [4.78, 5) is 5.84. The molecule has 1 aliphatic heterocycles. The average molecular weight is 290 g/mol. The fourth-order valence-electron chi connectivity index (χ4n) is 2.19. The van der Waals surface area contributed by atoms with Crippen LogP contribution in [-0.4, -0.2) is 31.3 Å². The SMILES string of the molecule is CN(c1cc(C(F)(F)F)cc(NN)n1)C1CCOCC1. The number of rotatable bonds is 3. The van der Waals surface area contributed by atoms with E-state index < -0.39 is 11.7 Å². The maximum absolute atomic E-state index is 12.9. The third-order valence-corrected chi connectivity index (χ3v) is 3.39. The number of alkyl halides is 3. The Morgan fingerprint density at radius 3 is 2.55 bits per heavy atom. The van der Waals surface area contributed by atoms with E-state index in [1.54, 1.807) is 11.9 Å². The molecule has 1 aliphatic rings. The highest BCUT2D eigenvalue weighted by atomic mass is 19.4. The highest BCUT2D eigenvalue weighted by Gasteiger charge is 2.32. The Morgan fingerprint density at radius 2 is 2.00 bits per heavy atom. The van der Waals surface area contributed by atoms with E-state index in [9.17, 15) is 13.2 Å². The Bertz CT molecular complexity index is 461. The van der Waals surface area contributed by atoms with Crippen LogP contribution >= 0.6 is 0 Å². The molecular weight excluding hydrogens is 273 g/mol. The van der Waals surface area contributed by atoms with Crippen LogP contribution in [0, 0.1) is 0 Å². The van der Waals surface area contributed by atoms with Gasteiger partial charge in [0.1, 0.15) is 11.6 Å². The molecular formula is C12H17F3N4O. The Labute approximate surface area is 114 Å². The highest BCUT2D eigenvalue weighted by Crippen LogP contribution is 2.33. The summed E-state index contributed by atoms with van der Waals surface area (Å²) in [5.74, 6) is 5.44. The molecule has 0 spiro atoms. The minimum absolute atomic E-state index is 0.00580. The molecule has 2 rings (SSSR count). The van der Waals surface area contributed by atoms with Crippen LogP contribution in [0.1, 0.15) is 18.4 Å². The second-order valence-electron chi connectivity index (χ2n) is 4.70. The van der Waals surface area contributed by atoms with E-state index in [2.05, 4.69) is 10.4 Å². The lowest BCUT2D eigenvalue weighted by molar-refractivity contribution is -0.137. The van der Waals surface area contributed by atoms with Gasteiger partial charge in [-0.25, -0.2) is 10.8 Å². The van der Waals surface area contributed by atoms with Crippen molar-refractivity contribution in [1.29, 1.82) is 0 Å². The van der Waals surface area contributed by atoms with Gasteiger partial charge in [-0.1, -0.05) is 0 Å². The van der Waals surface area contributed by atoms with Crippen molar-refractivity contribution in [3.8, 4) is 0 Å². The van der Waals surface area contributed by atoms with Gasteiger partial charge in [-0.15, -0.1) is 0 Å². The van der Waals surface area contributed by atoms with Gasteiger partial charge in [-0.3, -0.25) is 0 Å². The fraction of sp³-hybridized carbons (Fsp3) is 0.583. The number of aromatic nitrogens is 1. The van der Waals surface area contributed by atoms with Crippen molar-refractivity contribution in [3.05, 3.63) is 17.7 Å². The Hall–Kier alpha value is -1.54. The molecule has 2 heterocycles. The summed E-state index contributed by atoms with van der Waals surface area (Å²) in [6.07, 6.45) is -2.90. The van der Waals surface area contributed by atoms with E-state index >= 15 is 0 Å². The van der Waals surface area contributed by atoms with Crippen molar-refractivity contribution in [2.75, 3.05) is 30.6 Å². The van der Waals surface area contributed by atoms with Crippen LogP contribution in [0.25, 0.3) is 0 Å². The quantitative estimate of drug-likeness (QED) is 0.658. The van der Waals surface area contributed by atoms with Gasteiger partial charge in [0.25, 0.3) is 0 Å². The molecule has 20 heavy (non-hydrogen) atoms. The second kappa shape index (κ2) is 5.84.